The molecule has 0 spiro atoms. The second-order valence-corrected chi connectivity index (χ2v) is 5.34. The molecule has 1 atom stereocenters. The van der Waals surface area contributed by atoms with Crippen LogP contribution in [0.4, 0.5) is 10.1 Å². The number of hydrogen-bond donors (Lipinski definition) is 2. The van der Waals surface area contributed by atoms with Gasteiger partial charge in [-0.05, 0) is 23.8 Å². The predicted octanol–water partition coefficient (Wildman–Crippen LogP) is 2.17. The van der Waals surface area contributed by atoms with Crippen molar-refractivity contribution in [3.05, 3.63) is 69.5 Å². The molecule has 0 aromatic heterocycles. The van der Waals surface area contributed by atoms with Crippen LogP contribution in [0, 0.1) is 15.9 Å². The first-order valence-corrected chi connectivity index (χ1v) is 7.42. The Hall–Kier alpha value is -3.49. The Bertz CT molecular complexity index is 838. The van der Waals surface area contributed by atoms with Gasteiger partial charge < -0.3 is 15.2 Å². The molecule has 0 aliphatic rings. The standard InChI is InChI=1S/C17H15FN2O6/c1-26-15-9-11(4-7-14(15)20(24)25)16(21)19-13(17(22)23)8-10-2-5-12(18)6-3-10/h2-7,9,13H,8H2,1H3,(H,19,21)(H,22,23). The van der Waals surface area contributed by atoms with E-state index in [1.807, 2.05) is 0 Å². The summed E-state index contributed by atoms with van der Waals surface area (Å²) in [6.07, 6.45) is -0.0501. The highest BCUT2D eigenvalue weighted by Gasteiger charge is 2.23. The number of nitrogens with one attached hydrogen (secondary N) is 1. The van der Waals surface area contributed by atoms with E-state index in [9.17, 15) is 29.2 Å². The normalized spacial score (nSPS) is 11.5. The second-order valence-electron chi connectivity index (χ2n) is 5.34. The molecule has 0 radical (unpaired) electrons. The van der Waals surface area contributed by atoms with Crippen LogP contribution < -0.4 is 10.1 Å². The predicted molar refractivity (Wildman–Crippen MR) is 88.6 cm³/mol. The van der Waals surface area contributed by atoms with Crippen molar-refractivity contribution < 1.29 is 28.7 Å². The third-order valence-corrected chi connectivity index (χ3v) is 3.60. The molecule has 9 heteroatoms. The van der Waals surface area contributed by atoms with E-state index in [-0.39, 0.29) is 23.4 Å². The molecule has 0 aliphatic carbocycles. The Morgan fingerprint density at radius 2 is 1.92 bits per heavy atom. The molecule has 0 bridgehead atoms. The molecule has 2 N–H and O–H groups in total. The third kappa shape index (κ3) is 4.53. The minimum Gasteiger partial charge on any atom is -0.490 e. The Kier molecular flexibility index (Phi) is 5.84. The first-order chi connectivity index (χ1) is 12.3. The van der Waals surface area contributed by atoms with Crippen LogP contribution in [0.15, 0.2) is 42.5 Å². The molecule has 1 amide bonds. The van der Waals surface area contributed by atoms with Crippen LogP contribution in [-0.2, 0) is 11.2 Å². The summed E-state index contributed by atoms with van der Waals surface area (Å²) in [6, 6.07) is 7.43. The zero-order valence-electron chi connectivity index (χ0n) is 13.6. The summed E-state index contributed by atoms with van der Waals surface area (Å²) in [7, 11) is 1.22. The second kappa shape index (κ2) is 8.06. The summed E-state index contributed by atoms with van der Waals surface area (Å²) in [5, 5.41) is 22.5. The number of carbonyl (C=O) groups excluding carboxylic acids is 1. The maximum atomic E-state index is 12.9. The number of amides is 1. The van der Waals surface area contributed by atoms with Gasteiger partial charge in [0.05, 0.1) is 12.0 Å². The number of nitrogens with zero attached hydrogens (tertiary/aromatic N) is 1. The van der Waals surface area contributed by atoms with Gasteiger partial charge >= 0.3 is 11.7 Å². The number of aliphatic carboxylic acids is 1. The third-order valence-electron chi connectivity index (χ3n) is 3.60. The van der Waals surface area contributed by atoms with Gasteiger partial charge in [-0.25, -0.2) is 9.18 Å². The minimum atomic E-state index is -1.27. The van der Waals surface area contributed by atoms with E-state index in [0.717, 1.165) is 12.1 Å². The highest BCUT2D eigenvalue weighted by molar-refractivity contribution is 5.97. The summed E-state index contributed by atoms with van der Waals surface area (Å²) in [5.74, 6) is -2.57. The van der Waals surface area contributed by atoms with Crippen LogP contribution >= 0.6 is 0 Å². The number of nitro groups is 1. The minimum absolute atomic E-state index is 0.0119. The fourth-order valence-corrected chi connectivity index (χ4v) is 2.27. The van der Waals surface area contributed by atoms with E-state index in [2.05, 4.69) is 5.32 Å². The number of methoxy groups -OCH3 is 1. The Morgan fingerprint density at radius 3 is 2.46 bits per heavy atom. The van der Waals surface area contributed by atoms with Crippen molar-refractivity contribution in [2.24, 2.45) is 0 Å². The Balaban J connectivity index is 2.18. The molecule has 0 fully saturated rings. The average Bonchev–Trinajstić information content (AvgIpc) is 2.61. The van der Waals surface area contributed by atoms with Gasteiger partial charge in [0.25, 0.3) is 5.91 Å². The fraction of sp³-hybridized carbons (Fsp3) is 0.176. The SMILES string of the molecule is COc1cc(C(=O)NC(Cc2ccc(F)cc2)C(=O)O)ccc1[N+](=O)[O-]. The summed E-state index contributed by atoms with van der Waals surface area (Å²) in [5.41, 5.74) is 0.225. The zero-order valence-corrected chi connectivity index (χ0v) is 13.6. The monoisotopic (exact) mass is 362 g/mol. The lowest BCUT2D eigenvalue weighted by Gasteiger charge is -2.15. The van der Waals surface area contributed by atoms with E-state index in [1.54, 1.807) is 0 Å². The van der Waals surface area contributed by atoms with Gasteiger partial charge in [-0.15, -0.1) is 0 Å². The number of carbonyl (C=O) groups is 2. The lowest BCUT2D eigenvalue weighted by molar-refractivity contribution is -0.385. The van der Waals surface area contributed by atoms with E-state index >= 15 is 0 Å². The van der Waals surface area contributed by atoms with Crippen molar-refractivity contribution in [3.63, 3.8) is 0 Å². The van der Waals surface area contributed by atoms with Gasteiger partial charge in [0.15, 0.2) is 5.75 Å². The van der Waals surface area contributed by atoms with Crippen LogP contribution in [0.25, 0.3) is 0 Å². The van der Waals surface area contributed by atoms with E-state index in [4.69, 9.17) is 4.74 Å². The topological polar surface area (TPSA) is 119 Å². The molecule has 0 saturated carbocycles. The Labute approximate surface area is 147 Å². The van der Waals surface area contributed by atoms with Crippen molar-refractivity contribution in [2.45, 2.75) is 12.5 Å². The number of halogens is 1. The molecular formula is C17H15FN2O6. The van der Waals surface area contributed by atoms with Crippen molar-refractivity contribution in [2.75, 3.05) is 7.11 Å². The van der Waals surface area contributed by atoms with E-state index in [0.29, 0.717) is 5.56 Å². The fourth-order valence-electron chi connectivity index (χ4n) is 2.27. The van der Waals surface area contributed by atoms with Gasteiger partial charge in [-0.1, -0.05) is 12.1 Å². The number of benzene rings is 2. The van der Waals surface area contributed by atoms with Crippen molar-refractivity contribution >= 4 is 17.6 Å². The zero-order chi connectivity index (χ0) is 19.3. The van der Waals surface area contributed by atoms with E-state index in [1.165, 1.54) is 37.4 Å². The molecule has 2 aromatic rings. The van der Waals surface area contributed by atoms with Crippen LogP contribution in [-0.4, -0.2) is 35.1 Å². The van der Waals surface area contributed by atoms with Crippen LogP contribution in [0.2, 0.25) is 0 Å². The number of carboxylic acids is 1. The summed E-state index contributed by atoms with van der Waals surface area (Å²) in [6.45, 7) is 0. The van der Waals surface area contributed by atoms with Crippen LogP contribution in [0.1, 0.15) is 15.9 Å². The van der Waals surface area contributed by atoms with Gasteiger partial charge in [0.2, 0.25) is 0 Å². The smallest absolute Gasteiger partial charge is 0.326 e. The molecule has 0 saturated heterocycles. The number of nitro benzene ring substituents is 1. The summed E-state index contributed by atoms with van der Waals surface area (Å²) >= 11 is 0. The number of hydrogen-bond acceptors (Lipinski definition) is 5. The molecule has 2 aromatic carbocycles. The Morgan fingerprint density at radius 1 is 1.27 bits per heavy atom. The van der Waals surface area contributed by atoms with Gasteiger partial charge in [0, 0.05) is 24.1 Å². The number of ether oxygens (including phenoxy) is 1. The van der Waals surface area contributed by atoms with Crippen molar-refractivity contribution in [3.8, 4) is 5.75 Å². The molecule has 2 rings (SSSR count). The first-order valence-electron chi connectivity index (χ1n) is 7.42. The maximum absolute atomic E-state index is 12.9. The van der Waals surface area contributed by atoms with Gasteiger partial charge in [-0.2, -0.15) is 0 Å². The van der Waals surface area contributed by atoms with E-state index < -0.39 is 28.7 Å². The number of rotatable bonds is 7. The molecule has 8 nitrogen and oxygen atoms in total. The molecular weight excluding hydrogens is 347 g/mol. The highest BCUT2D eigenvalue weighted by Crippen LogP contribution is 2.27. The maximum Gasteiger partial charge on any atom is 0.326 e. The highest BCUT2D eigenvalue weighted by atomic mass is 19.1. The van der Waals surface area contributed by atoms with Crippen molar-refractivity contribution in [1.82, 2.24) is 5.32 Å². The van der Waals surface area contributed by atoms with Gasteiger partial charge in [-0.3, -0.25) is 14.9 Å². The van der Waals surface area contributed by atoms with Crippen molar-refractivity contribution in [1.29, 1.82) is 0 Å². The summed E-state index contributed by atoms with van der Waals surface area (Å²) < 4.78 is 17.8. The molecule has 0 heterocycles. The lowest BCUT2D eigenvalue weighted by atomic mass is 10.1. The lowest BCUT2D eigenvalue weighted by Crippen LogP contribution is -2.42. The number of carboxylic acid groups (broad SMARTS) is 1. The molecule has 136 valence electrons. The molecule has 0 aliphatic heterocycles. The molecule has 1 unspecified atom stereocenters. The van der Waals surface area contributed by atoms with Crippen LogP contribution in [0.3, 0.4) is 0 Å². The largest absolute Gasteiger partial charge is 0.490 e. The first kappa shape index (κ1) is 18.8. The van der Waals surface area contributed by atoms with Gasteiger partial charge in [0.1, 0.15) is 11.9 Å². The molecule has 26 heavy (non-hydrogen) atoms. The van der Waals surface area contributed by atoms with Crippen LogP contribution in [0.5, 0.6) is 5.75 Å². The average molecular weight is 362 g/mol. The quantitative estimate of drug-likeness (QED) is 0.575. The summed E-state index contributed by atoms with van der Waals surface area (Å²) in [4.78, 5) is 33.9.